The van der Waals surface area contributed by atoms with Gasteiger partial charge in [0.1, 0.15) is 17.1 Å². The van der Waals surface area contributed by atoms with Crippen LogP contribution in [-0.4, -0.2) is 19.7 Å². The Kier molecular flexibility index (Phi) is 4.19. The zero-order chi connectivity index (χ0) is 15.6. The van der Waals surface area contributed by atoms with Crippen molar-refractivity contribution in [2.45, 2.75) is 26.4 Å². The Morgan fingerprint density at radius 1 is 1.09 bits per heavy atom. The maximum absolute atomic E-state index is 6.01. The van der Waals surface area contributed by atoms with Gasteiger partial charge in [-0.05, 0) is 55.7 Å². The zero-order valence-corrected chi connectivity index (χ0v) is 13.5. The molecule has 0 aliphatic carbocycles. The van der Waals surface area contributed by atoms with Crippen molar-refractivity contribution >= 4 is 0 Å². The SMILES string of the molecule is Cc1cccc(Oc2ccc(C3(C)CNCCO3)cc2)c1C. The standard InChI is InChI=1S/C19H23NO2/c1-14-5-4-6-18(15(14)2)22-17-9-7-16(8-10-17)19(3)13-20-11-12-21-19/h4-10,20H,11-13H2,1-3H3. The van der Waals surface area contributed by atoms with E-state index < -0.39 is 0 Å². The number of morpholine rings is 1. The number of hydrogen-bond donors (Lipinski definition) is 1. The third-order valence-electron chi connectivity index (χ3n) is 4.41. The van der Waals surface area contributed by atoms with Crippen LogP contribution in [0.25, 0.3) is 0 Å². The van der Waals surface area contributed by atoms with E-state index in [4.69, 9.17) is 9.47 Å². The lowest BCUT2D eigenvalue weighted by Gasteiger charge is -2.34. The average molecular weight is 297 g/mol. The summed E-state index contributed by atoms with van der Waals surface area (Å²) in [7, 11) is 0. The molecule has 0 spiro atoms. The Balaban J connectivity index is 1.78. The molecule has 1 unspecified atom stereocenters. The molecule has 1 aliphatic heterocycles. The number of ether oxygens (including phenoxy) is 2. The van der Waals surface area contributed by atoms with Crippen LogP contribution < -0.4 is 10.1 Å². The Morgan fingerprint density at radius 3 is 2.55 bits per heavy atom. The number of rotatable bonds is 3. The maximum atomic E-state index is 6.01. The van der Waals surface area contributed by atoms with Gasteiger partial charge in [-0.2, -0.15) is 0 Å². The summed E-state index contributed by atoms with van der Waals surface area (Å²) < 4.78 is 11.9. The molecule has 3 nitrogen and oxygen atoms in total. The lowest BCUT2D eigenvalue weighted by atomic mass is 9.94. The molecule has 1 atom stereocenters. The molecule has 116 valence electrons. The van der Waals surface area contributed by atoms with Gasteiger partial charge >= 0.3 is 0 Å². The van der Waals surface area contributed by atoms with Crippen molar-refractivity contribution in [3.8, 4) is 11.5 Å². The summed E-state index contributed by atoms with van der Waals surface area (Å²) in [6, 6.07) is 14.3. The molecule has 3 heteroatoms. The topological polar surface area (TPSA) is 30.5 Å². The predicted molar refractivity (Wildman–Crippen MR) is 88.6 cm³/mol. The lowest BCUT2D eigenvalue weighted by Crippen LogP contribution is -2.45. The minimum absolute atomic E-state index is 0.254. The van der Waals surface area contributed by atoms with Crippen LogP contribution in [0.1, 0.15) is 23.6 Å². The monoisotopic (exact) mass is 297 g/mol. The van der Waals surface area contributed by atoms with E-state index in [0.717, 1.165) is 31.2 Å². The van der Waals surface area contributed by atoms with Crippen LogP contribution in [0.2, 0.25) is 0 Å². The molecule has 0 radical (unpaired) electrons. The van der Waals surface area contributed by atoms with Gasteiger partial charge in [-0.1, -0.05) is 24.3 Å². The first kappa shape index (κ1) is 15.1. The van der Waals surface area contributed by atoms with Crippen LogP contribution in [0.15, 0.2) is 42.5 Å². The Hall–Kier alpha value is -1.84. The van der Waals surface area contributed by atoms with Crippen LogP contribution in [-0.2, 0) is 10.3 Å². The molecule has 1 N–H and O–H groups in total. The molecule has 1 aliphatic rings. The maximum Gasteiger partial charge on any atom is 0.130 e. The predicted octanol–water partition coefficient (Wildman–Crippen LogP) is 3.93. The highest BCUT2D eigenvalue weighted by atomic mass is 16.5. The molecular formula is C19H23NO2. The lowest BCUT2D eigenvalue weighted by molar-refractivity contribution is -0.0572. The van der Waals surface area contributed by atoms with Gasteiger partial charge in [-0.15, -0.1) is 0 Å². The summed E-state index contributed by atoms with van der Waals surface area (Å²) in [5.74, 6) is 1.76. The largest absolute Gasteiger partial charge is 0.457 e. The van der Waals surface area contributed by atoms with Gasteiger partial charge < -0.3 is 14.8 Å². The second-order valence-electron chi connectivity index (χ2n) is 6.08. The smallest absolute Gasteiger partial charge is 0.130 e. The average Bonchev–Trinajstić information content (AvgIpc) is 2.53. The van der Waals surface area contributed by atoms with Gasteiger partial charge in [-0.25, -0.2) is 0 Å². The third-order valence-corrected chi connectivity index (χ3v) is 4.41. The highest BCUT2D eigenvalue weighted by molar-refractivity contribution is 5.42. The quantitative estimate of drug-likeness (QED) is 0.931. The van der Waals surface area contributed by atoms with E-state index in [9.17, 15) is 0 Å². The highest BCUT2D eigenvalue weighted by Crippen LogP contribution is 2.31. The van der Waals surface area contributed by atoms with Gasteiger partial charge in [0.15, 0.2) is 0 Å². The molecule has 2 aromatic carbocycles. The molecule has 22 heavy (non-hydrogen) atoms. The van der Waals surface area contributed by atoms with Crippen LogP contribution in [0.4, 0.5) is 0 Å². The molecule has 1 saturated heterocycles. The Bertz CT molecular complexity index is 643. The summed E-state index contributed by atoms with van der Waals surface area (Å²) in [6.07, 6.45) is 0. The molecule has 0 amide bonds. The summed E-state index contributed by atoms with van der Waals surface area (Å²) in [4.78, 5) is 0. The van der Waals surface area contributed by atoms with E-state index in [1.54, 1.807) is 0 Å². The van der Waals surface area contributed by atoms with Gasteiger partial charge in [0.2, 0.25) is 0 Å². The molecule has 2 aromatic rings. The number of hydrogen-bond acceptors (Lipinski definition) is 3. The van der Waals surface area contributed by atoms with Crippen molar-refractivity contribution in [3.05, 3.63) is 59.2 Å². The van der Waals surface area contributed by atoms with Gasteiger partial charge in [0, 0.05) is 13.1 Å². The van der Waals surface area contributed by atoms with Crippen LogP contribution >= 0.6 is 0 Å². The first-order valence-electron chi connectivity index (χ1n) is 7.78. The summed E-state index contributed by atoms with van der Waals surface area (Å²) in [5.41, 5.74) is 3.34. The molecule has 3 rings (SSSR count). The molecule has 0 bridgehead atoms. The van der Waals surface area contributed by atoms with Crippen molar-refractivity contribution in [1.29, 1.82) is 0 Å². The van der Waals surface area contributed by atoms with Gasteiger partial charge in [-0.3, -0.25) is 0 Å². The summed E-state index contributed by atoms with van der Waals surface area (Å²) in [5, 5.41) is 3.39. The minimum Gasteiger partial charge on any atom is -0.457 e. The molecule has 0 aromatic heterocycles. The fourth-order valence-corrected chi connectivity index (χ4v) is 2.75. The molecular weight excluding hydrogens is 274 g/mol. The van der Waals surface area contributed by atoms with Gasteiger partial charge in [0.25, 0.3) is 0 Å². The Labute approximate surface area is 132 Å². The van der Waals surface area contributed by atoms with E-state index in [1.807, 2.05) is 24.3 Å². The molecule has 1 heterocycles. The van der Waals surface area contributed by atoms with E-state index in [2.05, 4.69) is 44.3 Å². The summed E-state index contributed by atoms with van der Waals surface area (Å²) in [6.45, 7) is 8.81. The zero-order valence-electron chi connectivity index (χ0n) is 13.5. The second kappa shape index (κ2) is 6.11. The highest BCUT2D eigenvalue weighted by Gasteiger charge is 2.29. The van der Waals surface area contributed by atoms with Crippen molar-refractivity contribution in [2.75, 3.05) is 19.7 Å². The van der Waals surface area contributed by atoms with E-state index in [1.165, 1.54) is 16.7 Å². The fraction of sp³-hybridized carbons (Fsp3) is 0.368. The normalized spacial score (nSPS) is 21.6. The van der Waals surface area contributed by atoms with E-state index in [-0.39, 0.29) is 5.60 Å². The van der Waals surface area contributed by atoms with Crippen molar-refractivity contribution in [2.24, 2.45) is 0 Å². The Morgan fingerprint density at radius 2 is 1.86 bits per heavy atom. The van der Waals surface area contributed by atoms with Crippen LogP contribution in [0.5, 0.6) is 11.5 Å². The number of benzene rings is 2. The second-order valence-corrected chi connectivity index (χ2v) is 6.08. The van der Waals surface area contributed by atoms with Gasteiger partial charge in [0.05, 0.1) is 6.61 Å². The first-order valence-corrected chi connectivity index (χ1v) is 7.78. The van der Waals surface area contributed by atoms with Crippen molar-refractivity contribution in [1.82, 2.24) is 5.32 Å². The first-order chi connectivity index (χ1) is 10.6. The fourth-order valence-electron chi connectivity index (χ4n) is 2.75. The van der Waals surface area contributed by atoms with E-state index in [0.29, 0.717) is 0 Å². The van der Waals surface area contributed by atoms with Crippen molar-refractivity contribution in [3.63, 3.8) is 0 Å². The molecule has 0 saturated carbocycles. The minimum atomic E-state index is -0.254. The van der Waals surface area contributed by atoms with Crippen molar-refractivity contribution < 1.29 is 9.47 Å². The number of aryl methyl sites for hydroxylation is 1. The summed E-state index contributed by atoms with van der Waals surface area (Å²) >= 11 is 0. The molecule has 1 fully saturated rings. The number of nitrogens with one attached hydrogen (secondary N) is 1. The van der Waals surface area contributed by atoms with Crippen LogP contribution in [0, 0.1) is 13.8 Å². The third kappa shape index (κ3) is 3.01. The van der Waals surface area contributed by atoms with E-state index >= 15 is 0 Å². The van der Waals surface area contributed by atoms with Crippen LogP contribution in [0.3, 0.4) is 0 Å².